The molecule has 0 radical (unpaired) electrons. The van der Waals surface area contributed by atoms with Gasteiger partial charge in [0.25, 0.3) is 0 Å². The smallest absolute Gasteiger partial charge is 0.0415 e. The molecule has 0 heterocycles. The first-order valence-electron chi connectivity index (χ1n) is 5.10. The van der Waals surface area contributed by atoms with Crippen LogP contribution in [-0.4, -0.2) is 0 Å². The van der Waals surface area contributed by atoms with Crippen LogP contribution in [0.1, 0.15) is 36.0 Å². The fraction of sp³-hybridized carbons (Fsp3) is 0.500. The summed E-state index contributed by atoms with van der Waals surface area (Å²) in [5, 5.41) is 0. The molecule has 14 heavy (non-hydrogen) atoms. The van der Waals surface area contributed by atoms with Gasteiger partial charge in [-0.25, -0.2) is 0 Å². The molecular weight excluding hydrogens is 238 g/mol. The van der Waals surface area contributed by atoms with Crippen molar-refractivity contribution in [3.05, 3.63) is 33.3 Å². The van der Waals surface area contributed by atoms with Crippen molar-refractivity contribution in [1.29, 1.82) is 0 Å². The van der Waals surface area contributed by atoms with Gasteiger partial charge in [-0.3, -0.25) is 0 Å². The lowest BCUT2D eigenvalue weighted by Gasteiger charge is -2.41. The minimum Gasteiger partial charge on any atom is -0.321 e. The summed E-state index contributed by atoms with van der Waals surface area (Å²) in [6.07, 6.45) is 3.53. The summed E-state index contributed by atoms with van der Waals surface area (Å²) >= 11 is 3.57. The van der Waals surface area contributed by atoms with Crippen LogP contribution in [0, 0.1) is 13.8 Å². The summed E-state index contributed by atoms with van der Waals surface area (Å²) in [4.78, 5) is 0. The quantitative estimate of drug-likeness (QED) is 0.816. The standard InChI is InChI=1S/C12H16BrN/c1-8-4-5-10(13)9(2)11(8)12(14)6-3-7-12/h4-5H,3,6-7,14H2,1-2H3. The van der Waals surface area contributed by atoms with E-state index in [1.807, 2.05) is 0 Å². The van der Waals surface area contributed by atoms with Crippen molar-refractivity contribution in [2.24, 2.45) is 5.73 Å². The first kappa shape index (κ1) is 10.2. The van der Waals surface area contributed by atoms with E-state index in [2.05, 4.69) is 41.9 Å². The third kappa shape index (κ3) is 1.41. The van der Waals surface area contributed by atoms with Gasteiger partial charge >= 0.3 is 0 Å². The molecule has 0 aliphatic heterocycles. The second-order valence-electron chi connectivity index (χ2n) is 4.37. The Morgan fingerprint density at radius 1 is 1.29 bits per heavy atom. The predicted octanol–water partition coefficient (Wildman–Crippen LogP) is 3.40. The summed E-state index contributed by atoms with van der Waals surface area (Å²) in [5.74, 6) is 0. The van der Waals surface area contributed by atoms with Gasteiger partial charge in [0.2, 0.25) is 0 Å². The molecular formula is C12H16BrN. The molecule has 1 saturated carbocycles. The van der Waals surface area contributed by atoms with E-state index in [9.17, 15) is 0 Å². The number of benzene rings is 1. The lowest BCUT2D eigenvalue weighted by molar-refractivity contribution is 0.251. The Morgan fingerprint density at radius 2 is 1.93 bits per heavy atom. The lowest BCUT2D eigenvalue weighted by Crippen LogP contribution is -2.44. The topological polar surface area (TPSA) is 26.0 Å². The molecule has 1 fully saturated rings. The van der Waals surface area contributed by atoms with Crippen molar-refractivity contribution in [3.63, 3.8) is 0 Å². The Labute approximate surface area is 93.8 Å². The fourth-order valence-electron chi connectivity index (χ4n) is 2.40. The van der Waals surface area contributed by atoms with Crippen LogP contribution in [-0.2, 0) is 5.54 Å². The Bertz CT molecular complexity index is 367. The third-order valence-electron chi connectivity index (χ3n) is 3.35. The monoisotopic (exact) mass is 253 g/mol. The molecule has 2 N–H and O–H groups in total. The van der Waals surface area contributed by atoms with E-state index >= 15 is 0 Å². The molecule has 0 atom stereocenters. The number of aryl methyl sites for hydroxylation is 1. The Balaban J connectivity index is 2.56. The molecule has 2 rings (SSSR count). The van der Waals surface area contributed by atoms with E-state index in [0.29, 0.717) is 0 Å². The van der Waals surface area contributed by atoms with Crippen LogP contribution in [0.2, 0.25) is 0 Å². The molecule has 1 aliphatic carbocycles. The first-order valence-corrected chi connectivity index (χ1v) is 5.89. The predicted molar refractivity (Wildman–Crippen MR) is 63.3 cm³/mol. The van der Waals surface area contributed by atoms with Gasteiger partial charge in [-0.2, -0.15) is 0 Å². The van der Waals surface area contributed by atoms with Crippen molar-refractivity contribution >= 4 is 15.9 Å². The maximum atomic E-state index is 6.37. The van der Waals surface area contributed by atoms with Crippen LogP contribution in [0.5, 0.6) is 0 Å². The Morgan fingerprint density at radius 3 is 2.43 bits per heavy atom. The van der Waals surface area contributed by atoms with E-state index in [4.69, 9.17) is 5.73 Å². The highest BCUT2D eigenvalue weighted by molar-refractivity contribution is 9.10. The van der Waals surface area contributed by atoms with Gasteiger partial charge in [-0.15, -0.1) is 0 Å². The molecule has 0 spiro atoms. The number of halogens is 1. The fourth-order valence-corrected chi connectivity index (χ4v) is 2.73. The lowest BCUT2D eigenvalue weighted by atomic mass is 9.70. The molecule has 1 aromatic carbocycles. The zero-order chi connectivity index (χ0) is 10.3. The molecule has 2 heteroatoms. The summed E-state index contributed by atoms with van der Waals surface area (Å²) in [7, 11) is 0. The van der Waals surface area contributed by atoms with Crippen molar-refractivity contribution in [3.8, 4) is 0 Å². The largest absolute Gasteiger partial charge is 0.321 e. The van der Waals surface area contributed by atoms with Crippen molar-refractivity contribution in [1.82, 2.24) is 0 Å². The average molecular weight is 254 g/mol. The number of nitrogens with two attached hydrogens (primary N) is 1. The van der Waals surface area contributed by atoms with Crippen LogP contribution < -0.4 is 5.73 Å². The van der Waals surface area contributed by atoms with E-state index in [-0.39, 0.29) is 5.54 Å². The van der Waals surface area contributed by atoms with Crippen LogP contribution in [0.3, 0.4) is 0 Å². The maximum Gasteiger partial charge on any atom is 0.0415 e. The Hall–Kier alpha value is -0.340. The number of hydrogen-bond acceptors (Lipinski definition) is 1. The molecule has 0 amide bonds. The highest BCUT2D eigenvalue weighted by atomic mass is 79.9. The SMILES string of the molecule is Cc1ccc(Br)c(C)c1C1(N)CCC1. The van der Waals surface area contributed by atoms with Crippen LogP contribution in [0.15, 0.2) is 16.6 Å². The zero-order valence-corrected chi connectivity index (χ0v) is 10.3. The number of hydrogen-bond donors (Lipinski definition) is 1. The normalized spacial score (nSPS) is 19.1. The maximum absolute atomic E-state index is 6.37. The van der Waals surface area contributed by atoms with Crippen molar-refractivity contribution < 1.29 is 0 Å². The van der Waals surface area contributed by atoms with Gasteiger partial charge in [0.15, 0.2) is 0 Å². The minimum absolute atomic E-state index is 0.0437. The second-order valence-corrected chi connectivity index (χ2v) is 5.23. The van der Waals surface area contributed by atoms with Gasteiger partial charge in [0.05, 0.1) is 0 Å². The minimum atomic E-state index is -0.0437. The third-order valence-corrected chi connectivity index (χ3v) is 4.21. The number of rotatable bonds is 1. The Kier molecular flexibility index (Phi) is 2.44. The van der Waals surface area contributed by atoms with E-state index in [0.717, 1.165) is 12.8 Å². The van der Waals surface area contributed by atoms with E-state index in [1.54, 1.807) is 0 Å². The van der Waals surface area contributed by atoms with E-state index < -0.39 is 0 Å². The average Bonchev–Trinajstić information content (AvgIpc) is 2.09. The molecule has 0 bridgehead atoms. The molecule has 1 aliphatic rings. The van der Waals surface area contributed by atoms with Gasteiger partial charge in [-0.05, 0) is 55.9 Å². The van der Waals surface area contributed by atoms with Crippen LogP contribution in [0.25, 0.3) is 0 Å². The van der Waals surface area contributed by atoms with Gasteiger partial charge in [-0.1, -0.05) is 22.0 Å². The van der Waals surface area contributed by atoms with Crippen LogP contribution in [0.4, 0.5) is 0 Å². The van der Waals surface area contributed by atoms with E-state index in [1.165, 1.54) is 27.6 Å². The summed E-state index contributed by atoms with van der Waals surface area (Å²) in [6.45, 7) is 4.31. The molecule has 1 aromatic rings. The highest BCUT2D eigenvalue weighted by Gasteiger charge is 2.36. The van der Waals surface area contributed by atoms with Crippen molar-refractivity contribution in [2.75, 3.05) is 0 Å². The van der Waals surface area contributed by atoms with Gasteiger partial charge in [0.1, 0.15) is 0 Å². The summed E-state index contributed by atoms with van der Waals surface area (Å²) < 4.78 is 1.18. The molecule has 0 unspecified atom stereocenters. The van der Waals surface area contributed by atoms with Crippen LogP contribution >= 0.6 is 15.9 Å². The first-order chi connectivity index (χ1) is 6.54. The highest BCUT2D eigenvalue weighted by Crippen LogP contribution is 2.42. The second kappa shape index (κ2) is 3.35. The molecule has 0 aromatic heterocycles. The molecule has 0 saturated heterocycles. The van der Waals surface area contributed by atoms with Crippen molar-refractivity contribution in [2.45, 2.75) is 38.6 Å². The summed E-state index contributed by atoms with van der Waals surface area (Å²) in [6, 6.07) is 4.26. The zero-order valence-electron chi connectivity index (χ0n) is 8.73. The molecule has 76 valence electrons. The van der Waals surface area contributed by atoms with Gasteiger partial charge < -0.3 is 5.73 Å². The molecule has 1 nitrogen and oxygen atoms in total. The van der Waals surface area contributed by atoms with Gasteiger partial charge in [0, 0.05) is 10.0 Å². The summed E-state index contributed by atoms with van der Waals surface area (Å²) in [5.41, 5.74) is 10.3.